The van der Waals surface area contributed by atoms with Crippen LogP contribution in [0.3, 0.4) is 0 Å². The Morgan fingerprint density at radius 3 is 2.79 bits per heavy atom. The van der Waals surface area contributed by atoms with Crippen molar-refractivity contribution in [3.63, 3.8) is 0 Å². The van der Waals surface area contributed by atoms with E-state index in [1.54, 1.807) is 6.33 Å². The fraction of sp³-hybridized carbons (Fsp3) is 0.714. The summed E-state index contributed by atoms with van der Waals surface area (Å²) in [7, 11) is 2.06. The molecule has 1 aromatic heterocycles. The Kier molecular flexibility index (Phi) is 4.96. The quantitative estimate of drug-likeness (QED) is 0.872. The number of aromatic nitrogens is 2. The molecule has 19 heavy (non-hydrogen) atoms. The summed E-state index contributed by atoms with van der Waals surface area (Å²) in [4.78, 5) is 13.3. The Morgan fingerprint density at radius 1 is 1.37 bits per heavy atom. The molecule has 1 saturated heterocycles. The molecule has 0 aromatic carbocycles. The third-order valence-corrected chi connectivity index (χ3v) is 3.83. The molecule has 0 unspecified atom stereocenters. The van der Waals surface area contributed by atoms with Crippen LogP contribution in [0.15, 0.2) is 12.4 Å². The molecule has 0 radical (unpaired) electrons. The Hall–Kier alpha value is -1.36. The van der Waals surface area contributed by atoms with Gasteiger partial charge in [0.2, 0.25) is 0 Å². The lowest BCUT2D eigenvalue weighted by molar-refractivity contribution is 0.436. The molecule has 5 heteroatoms. The fourth-order valence-corrected chi connectivity index (χ4v) is 2.40. The minimum atomic E-state index is 0.715. The molecule has 0 bridgehead atoms. The molecule has 1 aliphatic heterocycles. The van der Waals surface area contributed by atoms with E-state index in [-0.39, 0.29) is 0 Å². The van der Waals surface area contributed by atoms with Crippen molar-refractivity contribution in [3.05, 3.63) is 12.4 Å². The van der Waals surface area contributed by atoms with Crippen molar-refractivity contribution in [2.75, 3.05) is 43.0 Å². The zero-order valence-corrected chi connectivity index (χ0v) is 12.0. The second-order valence-corrected chi connectivity index (χ2v) is 5.47. The van der Waals surface area contributed by atoms with Gasteiger partial charge < -0.3 is 15.5 Å². The highest BCUT2D eigenvalue weighted by Gasteiger charge is 2.17. The van der Waals surface area contributed by atoms with Gasteiger partial charge in [0.15, 0.2) is 0 Å². The van der Waals surface area contributed by atoms with Crippen LogP contribution < -0.4 is 15.5 Å². The molecule has 5 nitrogen and oxygen atoms in total. The van der Waals surface area contributed by atoms with Crippen LogP contribution in [-0.2, 0) is 0 Å². The van der Waals surface area contributed by atoms with Crippen molar-refractivity contribution in [2.24, 2.45) is 11.7 Å². The molecule has 2 heterocycles. The van der Waals surface area contributed by atoms with E-state index in [4.69, 9.17) is 5.73 Å². The van der Waals surface area contributed by atoms with Crippen molar-refractivity contribution in [1.82, 2.24) is 9.97 Å². The Labute approximate surface area is 115 Å². The third kappa shape index (κ3) is 3.80. The number of hydrogen-bond acceptors (Lipinski definition) is 5. The summed E-state index contributed by atoms with van der Waals surface area (Å²) in [6.45, 7) is 6.17. The van der Waals surface area contributed by atoms with Gasteiger partial charge in [-0.3, -0.25) is 0 Å². The number of piperidine rings is 1. The highest BCUT2D eigenvalue weighted by molar-refractivity contribution is 5.49. The maximum absolute atomic E-state index is 5.55. The smallest absolute Gasteiger partial charge is 0.134 e. The molecule has 1 aromatic rings. The van der Waals surface area contributed by atoms with Gasteiger partial charge in [-0.25, -0.2) is 9.97 Å². The maximum Gasteiger partial charge on any atom is 0.134 e. The van der Waals surface area contributed by atoms with Crippen LogP contribution in [0.4, 0.5) is 11.6 Å². The van der Waals surface area contributed by atoms with Gasteiger partial charge in [0.05, 0.1) is 0 Å². The molecule has 106 valence electrons. The topological polar surface area (TPSA) is 58.3 Å². The first-order valence-corrected chi connectivity index (χ1v) is 7.19. The molecule has 0 spiro atoms. The summed E-state index contributed by atoms with van der Waals surface area (Å²) in [5, 5.41) is 0. The molecule has 0 atom stereocenters. The Morgan fingerprint density at radius 2 is 2.11 bits per heavy atom. The van der Waals surface area contributed by atoms with Gasteiger partial charge in [0.25, 0.3) is 0 Å². The van der Waals surface area contributed by atoms with Crippen LogP contribution in [-0.4, -0.2) is 43.2 Å². The van der Waals surface area contributed by atoms with Gasteiger partial charge in [-0.05, 0) is 31.7 Å². The normalized spacial score (nSPS) is 16.7. The minimum Gasteiger partial charge on any atom is -0.359 e. The van der Waals surface area contributed by atoms with Crippen LogP contribution in [0.1, 0.15) is 26.2 Å². The molecule has 0 aliphatic carbocycles. The lowest BCUT2D eigenvalue weighted by Gasteiger charge is -2.31. The average Bonchev–Trinajstić information content (AvgIpc) is 2.45. The first-order valence-electron chi connectivity index (χ1n) is 7.19. The molecular weight excluding hydrogens is 238 g/mol. The van der Waals surface area contributed by atoms with Crippen LogP contribution in [0.5, 0.6) is 0 Å². The largest absolute Gasteiger partial charge is 0.359 e. The summed E-state index contributed by atoms with van der Waals surface area (Å²) in [5.41, 5.74) is 5.55. The second-order valence-electron chi connectivity index (χ2n) is 5.47. The van der Waals surface area contributed by atoms with Crippen LogP contribution in [0.2, 0.25) is 0 Å². The van der Waals surface area contributed by atoms with E-state index in [2.05, 4.69) is 39.8 Å². The average molecular weight is 263 g/mol. The monoisotopic (exact) mass is 263 g/mol. The maximum atomic E-state index is 5.55. The standard InChI is InChI=1S/C14H25N5/c1-12-4-8-19(9-5-12)14-10-13(16-11-17-14)18(2)7-3-6-15/h10-12H,3-9,15H2,1-2H3. The summed E-state index contributed by atoms with van der Waals surface area (Å²) < 4.78 is 0. The summed E-state index contributed by atoms with van der Waals surface area (Å²) >= 11 is 0. The van der Waals surface area contributed by atoms with E-state index in [1.165, 1.54) is 12.8 Å². The zero-order valence-electron chi connectivity index (χ0n) is 12.0. The Bertz CT molecular complexity index is 387. The summed E-state index contributed by atoms with van der Waals surface area (Å²) in [6.07, 6.45) is 5.16. The van der Waals surface area contributed by atoms with Crippen molar-refractivity contribution in [3.8, 4) is 0 Å². The number of hydrogen-bond donors (Lipinski definition) is 1. The number of nitrogens with two attached hydrogens (primary N) is 1. The van der Waals surface area contributed by atoms with Gasteiger partial charge in [0, 0.05) is 32.7 Å². The van der Waals surface area contributed by atoms with Crippen molar-refractivity contribution in [2.45, 2.75) is 26.2 Å². The second kappa shape index (κ2) is 6.70. The lowest BCUT2D eigenvalue weighted by Crippen LogP contribution is -2.33. The van der Waals surface area contributed by atoms with Crippen LogP contribution in [0, 0.1) is 5.92 Å². The van der Waals surface area contributed by atoms with E-state index < -0.39 is 0 Å². The number of nitrogens with zero attached hydrogens (tertiary/aromatic N) is 4. The fourth-order valence-electron chi connectivity index (χ4n) is 2.40. The molecule has 2 N–H and O–H groups in total. The van der Waals surface area contributed by atoms with Gasteiger partial charge in [0.1, 0.15) is 18.0 Å². The van der Waals surface area contributed by atoms with E-state index >= 15 is 0 Å². The van der Waals surface area contributed by atoms with E-state index in [9.17, 15) is 0 Å². The molecule has 0 saturated carbocycles. The number of anilines is 2. The van der Waals surface area contributed by atoms with E-state index in [0.29, 0.717) is 6.54 Å². The zero-order chi connectivity index (χ0) is 13.7. The van der Waals surface area contributed by atoms with Crippen molar-refractivity contribution in [1.29, 1.82) is 0 Å². The van der Waals surface area contributed by atoms with Gasteiger partial charge >= 0.3 is 0 Å². The SMILES string of the molecule is CC1CCN(c2cc(N(C)CCCN)ncn2)CC1. The minimum absolute atomic E-state index is 0.715. The molecule has 2 rings (SSSR count). The van der Waals surface area contributed by atoms with E-state index in [1.807, 2.05) is 0 Å². The van der Waals surface area contributed by atoms with E-state index in [0.717, 1.165) is 43.6 Å². The third-order valence-electron chi connectivity index (χ3n) is 3.83. The van der Waals surface area contributed by atoms with Crippen molar-refractivity contribution >= 4 is 11.6 Å². The summed E-state index contributed by atoms with van der Waals surface area (Å²) in [6, 6.07) is 2.09. The predicted molar refractivity (Wildman–Crippen MR) is 79.6 cm³/mol. The van der Waals surface area contributed by atoms with Crippen LogP contribution >= 0.6 is 0 Å². The first-order chi connectivity index (χ1) is 9.20. The van der Waals surface area contributed by atoms with Crippen molar-refractivity contribution < 1.29 is 0 Å². The molecule has 1 aliphatic rings. The van der Waals surface area contributed by atoms with Crippen LogP contribution in [0.25, 0.3) is 0 Å². The highest BCUT2D eigenvalue weighted by atomic mass is 15.2. The highest BCUT2D eigenvalue weighted by Crippen LogP contribution is 2.23. The van der Waals surface area contributed by atoms with Gasteiger partial charge in [-0.15, -0.1) is 0 Å². The van der Waals surface area contributed by atoms with Gasteiger partial charge in [-0.2, -0.15) is 0 Å². The van der Waals surface area contributed by atoms with Gasteiger partial charge in [-0.1, -0.05) is 6.92 Å². The predicted octanol–water partition coefficient (Wildman–Crippen LogP) is 1.50. The Balaban J connectivity index is 2.02. The molecular formula is C14H25N5. The summed E-state index contributed by atoms with van der Waals surface area (Å²) in [5.74, 6) is 2.87. The molecule has 1 fully saturated rings. The lowest BCUT2D eigenvalue weighted by atomic mass is 9.99. The molecule has 0 amide bonds. The number of rotatable bonds is 5. The first kappa shape index (κ1) is 14.1.